The van der Waals surface area contributed by atoms with E-state index in [4.69, 9.17) is 35.9 Å². The molecule has 0 amide bonds. The van der Waals surface area contributed by atoms with Crippen LogP contribution in [0.3, 0.4) is 0 Å². The van der Waals surface area contributed by atoms with E-state index in [2.05, 4.69) is 26.8 Å². The molecule has 0 bridgehead atoms. The van der Waals surface area contributed by atoms with Crippen molar-refractivity contribution >= 4 is 58.9 Å². The molecule has 1 saturated heterocycles. The highest BCUT2D eigenvalue weighted by molar-refractivity contribution is 8.76. The molecule has 1 aromatic carbocycles. The largest absolute Gasteiger partial charge is 0.446 e. The van der Waals surface area contributed by atoms with Crippen LogP contribution in [-0.2, 0) is 14.0 Å². The van der Waals surface area contributed by atoms with Gasteiger partial charge in [0.15, 0.2) is 11.6 Å². The Labute approximate surface area is 245 Å². The molecule has 4 rings (SSSR count). The van der Waals surface area contributed by atoms with Gasteiger partial charge in [-0.3, -0.25) is 0 Å². The van der Waals surface area contributed by atoms with Gasteiger partial charge < -0.3 is 34.5 Å². The van der Waals surface area contributed by atoms with Crippen LogP contribution in [0.1, 0.15) is 20.3 Å². The third-order valence-electron chi connectivity index (χ3n) is 5.42. The zero-order valence-corrected chi connectivity index (χ0v) is 25.8. The van der Waals surface area contributed by atoms with Crippen molar-refractivity contribution in [2.45, 2.75) is 32.5 Å². The summed E-state index contributed by atoms with van der Waals surface area (Å²) < 4.78 is 23.4. The molecule has 214 valence electrons. The van der Waals surface area contributed by atoms with Crippen molar-refractivity contribution in [2.75, 3.05) is 60.7 Å². The summed E-state index contributed by atoms with van der Waals surface area (Å²) in [5.41, 5.74) is 7.71. The van der Waals surface area contributed by atoms with E-state index in [0.717, 1.165) is 40.8 Å². The molecule has 9 nitrogen and oxygen atoms in total. The standard InChI is InChI=1S/C19H25ClN5O3PS2.C7H12O/c1-13(8-25-11-24-17-18(21)22-10-23-19(17)25)26-12-29(28-16-6-7-30-31-9-16)27-15-4-2-14(20)3-5-15;1-4-5-7(2)6-8-3/h2-5,10,13,16,24H,6-9,11-12H2,1H3,(H2,21,22,23);4-5H,2,6H2,1,3H3/b;5-4-/t13?,16-,29?;/m1./s1. The molecule has 3 atom stereocenters. The number of nitrogens with one attached hydrogen (secondary N) is 1. The van der Waals surface area contributed by atoms with Crippen LogP contribution in [0.25, 0.3) is 0 Å². The Morgan fingerprint density at radius 3 is 2.82 bits per heavy atom. The van der Waals surface area contributed by atoms with Crippen molar-refractivity contribution in [3.8, 4) is 5.75 Å². The van der Waals surface area contributed by atoms with Crippen LogP contribution in [0, 0.1) is 0 Å². The summed E-state index contributed by atoms with van der Waals surface area (Å²) in [4.78, 5) is 10.5. The number of ether oxygens (including phenoxy) is 2. The Morgan fingerprint density at radius 2 is 2.13 bits per heavy atom. The molecule has 0 spiro atoms. The molecule has 1 fully saturated rings. The summed E-state index contributed by atoms with van der Waals surface area (Å²) in [6, 6.07) is 7.33. The highest BCUT2D eigenvalue weighted by Gasteiger charge is 2.26. The Kier molecular flexibility index (Phi) is 14.0. The fourth-order valence-corrected chi connectivity index (χ4v) is 7.58. The molecular formula is C26H37ClN5O4PS2. The minimum atomic E-state index is -1.25. The average molecular weight is 614 g/mol. The van der Waals surface area contributed by atoms with Gasteiger partial charge >= 0.3 is 0 Å². The van der Waals surface area contributed by atoms with Crippen LogP contribution >= 0.6 is 41.6 Å². The molecule has 1 aromatic heterocycles. The van der Waals surface area contributed by atoms with E-state index in [1.165, 1.54) is 6.33 Å². The van der Waals surface area contributed by atoms with E-state index in [1.807, 2.05) is 71.9 Å². The second kappa shape index (κ2) is 17.2. The van der Waals surface area contributed by atoms with Gasteiger partial charge in [0.05, 0.1) is 25.5 Å². The lowest BCUT2D eigenvalue weighted by molar-refractivity contribution is 0.0924. The van der Waals surface area contributed by atoms with Crippen LogP contribution in [0.4, 0.5) is 17.3 Å². The number of anilines is 3. The van der Waals surface area contributed by atoms with E-state index >= 15 is 0 Å². The number of allylic oxidation sites excluding steroid dienone is 1. The minimum absolute atomic E-state index is 0.0531. The Bertz CT molecular complexity index is 1060. The maximum Gasteiger partial charge on any atom is 0.258 e. The second-order valence-corrected chi connectivity index (χ2v) is 13.1. The van der Waals surface area contributed by atoms with Crippen LogP contribution < -0.4 is 20.5 Å². The van der Waals surface area contributed by atoms with Gasteiger partial charge in [0, 0.05) is 30.2 Å². The molecule has 13 heteroatoms. The Balaban J connectivity index is 0.000000459. The van der Waals surface area contributed by atoms with Gasteiger partial charge in [-0.05, 0) is 50.1 Å². The number of methoxy groups -OCH3 is 1. The number of aromatic nitrogens is 2. The smallest absolute Gasteiger partial charge is 0.258 e. The third kappa shape index (κ3) is 11.0. The summed E-state index contributed by atoms with van der Waals surface area (Å²) in [7, 11) is 4.15. The van der Waals surface area contributed by atoms with Crippen LogP contribution in [0.15, 0.2) is 54.9 Å². The summed E-state index contributed by atoms with van der Waals surface area (Å²) in [6.07, 6.45) is 6.89. The first-order chi connectivity index (χ1) is 18.9. The molecule has 2 unspecified atom stereocenters. The van der Waals surface area contributed by atoms with Crippen LogP contribution in [0.2, 0.25) is 5.02 Å². The lowest BCUT2D eigenvalue weighted by Gasteiger charge is -2.28. The van der Waals surface area contributed by atoms with Crippen molar-refractivity contribution in [3.05, 3.63) is 59.9 Å². The molecule has 2 aliphatic rings. The SMILES string of the molecule is C=C(/C=C\C)COC.CC(CN1CNc2c(N)ncnc21)OCP(Oc1ccc(Cl)cc1)O[C@@H]1CCSSC1. The molecule has 3 N–H and O–H groups in total. The number of nitrogens with zero attached hydrogens (tertiary/aromatic N) is 3. The highest BCUT2D eigenvalue weighted by Crippen LogP contribution is 2.44. The molecular weight excluding hydrogens is 577 g/mol. The quantitative estimate of drug-likeness (QED) is 0.154. The maximum absolute atomic E-state index is 6.31. The fourth-order valence-electron chi connectivity index (χ4n) is 3.61. The van der Waals surface area contributed by atoms with E-state index < -0.39 is 8.38 Å². The normalized spacial score (nSPS) is 18.1. The van der Waals surface area contributed by atoms with Gasteiger partial charge in [-0.15, -0.1) is 0 Å². The number of fused-ring (bicyclic) bond motifs is 1. The van der Waals surface area contributed by atoms with Crippen molar-refractivity contribution in [1.29, 1.82) is 0 Å². The second-order valence-electron chi connectivity index (χ2n) is 8.71. The van der Waals surface area contributed by atoms with E-state index in [-0.39, 0.29) is 12.2 Å². The van der Waals surface area contributed by atoms with Crippen LogP contribution in [0.5, 0.6) is 5.75 Å². The molecule has 3 heterocycles. The number of nitrogen functional groups attached to an aromatic ring is 1. The van der Waals surface area contributed by atoms with E-state index in [9.17, 15) is 0 Å². The number of hydrogen-bond donors (Lipinski definition) is 2. The predicted octanol–water partition coefficient (Wildman–Crippen LogP) is 6.59. The monoisotopic (exact) mass is 613 g/mol. The average Bonchev–Trinajstić information content (AvgIpc) is 3.34. The zero-order chi connectivity index (χ0) is 28.0. The molecule has 0 aliphatic carbocycles. The fraction of sp³-hybridized carbons (Fsp3) is 0.462. The summed E-state index contributed by atoms with van der Waals surface area (Å²) in [5, 5.41) is 3.91. The molecule has 0 saturated carbocycles. The van der Waals surface area contributed by atoms with Crippen LogP contribution in [-0.4, -0.2) is 67.0 Å². The van der Waals surface area contributed by atoms with E-state index in [1.54, 1.807) is 7.11 Å². The number of nitrogens with two attached hydrogens (primary N) is 1. The zero-order valence-electron chi connectivity index (χ0n) is 22.5. The first-order valence-electron chi connectivity index (χ1n) is 12.5. The van der Waals surface area contributed by atoms with Gasteiger partial charge in [0.2, 0.25) is 0 Å². The van der Waals surface area contributed by atoms with Crippen molar-refractivity contribution in [1.82, 2.24) is 9.97 Å². The van der Waals surface area contributed by atoms with Gasteiger partial charge in [0.25, 0.3) is 8.38 Å². The lowest BCUT2D eigenvalue weighted by Crippen LogP contribution is -2.33. The summed E-state index contributed by atoms with van der Waals surface area (Å²) in [5.74, 6) is 4.03. The topological polar surface area (TPSA) is 104 Å². The maximum atomic E-state index is 6.31. The number of rotatable bonds is 12. The third-order valence-corrected chi connectivity index (χ3v) is 9.47. The Morgan fingerprint density at radius 1 is 1.33 bits per heavy atom. The Hall–Kier alpha value is -1.72. The number of halogens is 1. The van der Waals surface area contributed by atoms with Gasteiger partial charge in [-0.25, -0.2) is 9.97 Å². The lowest BCUT2D eigenvalue weighted by atomic mass is 10.3. The first-order valence-corrected chi connectivity index (χ1v) is 16.7. The van der Waals surface area contributed by atoms with Gasteiger partial charge in [0.1, 0.15) is 24.1 Å². The van der Waals surface area contributed by atoms with Gasteiger partial charge in [-0.1, -0.05) is 51.9 Å². The molecule has 39 heavy (non-hydrogen) atoms. The van der Waals surface area contributed by atoms with Gasteiger partial charge in [-0.2, -0.15) is 0 Å². The first kappa shape index (κ1) is 31.8. The van der Waals surface area contributed by atoms with E-state index in [0.29, 0.717) is 37.0 Å². The number of benzene rings is 1. The predicted molar refractivity (Wildman–Crippen MR) is 167 cm³/mol. The highest BCUT2D eigenvalue weighted by atomic mass is 35.5. The minimum Gasteiger partial charge on any atom is -0.446 e. The molecule has 2 aliphatic heterocycles. The molecule has 0 radical (unpaired) electrons. The van der Waals surface area contributed by atoms with Crippen molar-refractivity contribution < 1.29 is 18.5 Å². The van der Waals surface area contributed by atoms with Crippen molar-refractivity contribution in [3.63, 3.8) is 0 Å². The number of hydrogen-bond acceptors (Lipinski definition) is 11. The summed E-state index contributed by atoms with van der Waals surface area (Å²) >= 11 is 6.00. The van der Waals surface area contributed by atoms with Crippen molar-refractivity contribution in [2.24, 2.45) is 0 Å². The molecule has 2 aromatic rings. The summed E-state index contributed by atoms with van der Waals surface area (Å²) in [6.45, 7) is 9.63.